The first-order chi connectivity index (χ1) is 15.6. The fourth-order valence-corrected chi connectivity index (χ4v) is 2.32. The fourth-order valence-electron chi connectivity index (χ4n) is 2.32. The first kappa shape index (κ1) is 29.9. The summed E-state index contributed by atoms with van der Waals surface area (Å²) >= 11 is 0. The van der Waals surface area contributed by atoms with Gasteiger partial charge in [-0.25, -0.2) is 9.59 Å². The van der Waals surface area contributed by atoms with E-state index in [4.69, 9.17) is 18.5 Å². The Morgan fingerprint density at radius 3 is 1.63 bits per heavy atom. The van der Waals surface area contributed by atoms with Crippen LogP contribution in [0.25, 0.3) is 0 Å². The molecule has 0 saturated carbocycles. The molecule has 2 heterocycles. The van der Waals surface area contributed by atoms with E-state index in [1.165, 1.54) is 0 Å². The van der Waals surface area contributed by atoms with Gasteiger partial charge in [0.2, 0.25) is 11.6 Å². The fraction of sp³-hybridized carbons (Fsp3) is 0.667. The highest BCUT2D eigenvalue weighted by molar-refractivity contribution is 5.84. The monoisotopic (exact) mass is 498 g/mol. The molecule has 0 fully saturated rings. The van der Waals surface area contributed by atoms with Crippen LogP contribution in [0.15, 0.2) is 15.1 Å². The van der Waals surface area contributed by atoms with E-state index in [2.05, 4.69) is 20.9 Å². The van der Waals surface area contributed by atoms with Crippen molar-refractivity contribution in [3.63, 3.8) is 0 Å². The van der Waals surface area contributed by atoms with E-state index in [0.29, 0.717) is 11.6 Å². The summed E-state index contributed by atoms with van der Waals surface area (Å²) in [6.45, 7) is 21.9. The van der Waals surface area contributed by atoms with Crippen molar-refractivity contribution >= 4 is 23.8 Å². The molecule has 0 unspecified atom stereocenters. The molecule has 35 heavy (non-hydrogen) atoms. The zero-order valence-corrected chi connectivity index (χ0v) is 22.8. The summed E-state index contributed by atoms with van der Waals surface area (Å²) in [5.41, 5.74) is -1.84. The predicted molar refractivity (Wildman–Crippen MR) is 130 cm³/mol. The second-order valence-electron chi connectivity index (χ2n) is 12.0. The number of hydrogen-bond donors (Lipinski definition) is 2. The Kier molecular flexibility index (Phi) is 9.11. The highest BCUT2D eigenvalue weighted by Gasteiger charge is 2.29. The maximum absolute atomic E-state index is 13.9. The maximum atomic E-state index is 13.9. The van der Waals surface area contributed by atoms with E-state index in [0.717, 1.165) is 0 Å². The van der Waals surface area contributed by atoms with E-state index in [1.807, 2.05) is 20.8 Å². The van der Waals surface area contributed by atoms with Gasteiger partial charge in [0.05, 0.1) is 0 Å². The van der Waals surface area contributed by atoms with Gasteiger partial charge in [-0.05, 0) is 41.5 Å². The Balaban J connectivity index is 0.000000351. The molecule has 2 aromatic heterocycles. The van der Waals surface area contributed by atoms with E-state index in [1.54, 1.807) is 68.4 Å². The van der Waals surface area contributed by atoms with Crippen molar-refractivity contribution in [2.24, 2.45) is 0 Å². The lowest BCUT2D eigenvalue weighted by atomic mass is 9.93. The predicted octanol–water partition coefficient (Wildman–Crippen LogP) is 6.78. The van der Waals surface area contributed by atoms with Crippen molar-refractivity contribution in [3.05, 3.63) is 23.4 Å². The van der Waals surface area contributed by atoms with Gasteiger partial charge in [0, 0.05) is 16.9 Å². The Bertz CT molecular complexity index is 1000. The number of nitrogens with one attached hydrogen (secondary N) is 2. The van der Waals surface area contributed by atoms with Gasteiger partial charge in [0.15, 0.2) is 11.6 Å². The van der Waals surface area contributed by atoms with Crippen molar-refractivity contribution in [1.82, 2.24) is 10.3 Å². The van der Waals surface area contributed by atoms with E-state index >= 15 is 0 Å². The summed E-state index contributed by atoms with van der Waals surface area (Å²) in [5.74, 6) is 0.240. The largest absolute Gasteiger partial charge is 0.444 e. The minimum absolute atomic E-state index is 0.0913. The molecule has 198 valence electrons. The lowest BCUT2D eigenvalue weighted by Gasteiger charge is -2.19. The molecule has 0 bridgehead atoms. The molecule has 2 amide bonds. The molecular weight excluding hydrogens is 459 g/mol. The smallest absolute Gasteiger partial charge is 0.413 e. The quantitative estimate of drug-likeness (QED) is 0.464. The van der Waals surface area contributed by atoms with Crippen molar-refractivity contribution in [2.45, 2.75) is 105 Å². The average molecular weight is 499 g/mol. The summed E-state index contributed by atoms with van der Waals surface area (Å²) in [7, 11) is 0. The van der Waals surface area contributed by atoms with Gasteiger partial charge in [-0.1, -0.05) is 51.9 Å². The van der Waals surface area contributed by atoms with E-state index in [-0.39, 0.29) is 17.0 Å². The van der Waals surface area contributed by atoms with Crippen LogP contribution in [0.4, 0.5) is 25.6 Å². The zero-order chi connectivity index (χ0) is 27.4. The molecular formula is C24H39FN4O6. The standard InChI is InChI=1S/C12H19FN2O3.C12H20N2O3/c1-11(2,3)8-7(13)9(15-18-8)14-10(16)17-12(4,5)6;1-11(2,3)8-7-9(14-17-8)13-10(15)16-12(4,5)6/h1-6H3,(H,14,15,16);7H,1-6H3,(H,13,14,15). The van der Waals surface area contributed by atoms with Gasteiger partial charge >= 0.3 is 12.2 Å². The number of carbonyl (C=O) groups is 2. The summed E-state index contributed by atoms with van der Waals surface area (Å²) in [4.78, 5) is 22.9. The first-order valence-corrected chi connectivity index (χ1v) is 11.2. The Morgan fingerprint density at radius 2 is 1.26 bits per heavy atom. The lowest BCUT2D eigenvalue weighted by Crippen LogP contribution is -2.27. The molecule has 10 nitrogen and oxygen atoms in total. The minimum atomic E-state index is -0.768. The minimum Gasteiger partial charge on any atom is -0.444 e. The summed E-state index contributed by atoms with van der Waals surface area (Å²) in [6, 6.07) is 1.70. The van der Waals surface area contributed by atoms with Crippen LogP contribution in [0.2, 0.25) is 0 Å². The van der Waals surface area contributed by atoms with Crippen LogP contribution in [0.1, 0.15) is 94.6 Å². The molecule has 0 aliphatic carbocycles. The highest BCUT2D eigenvalue weighted by atomic mass is 19.1. The zero-order valence-electron chi connectivity index (χ0n) is 22.8. The third-order valence-electron chi connectivity index (χ3n) is 3.81. The molecule has 0 aromatic carbocycles. The summed E-state index contributed by atoms with van der Waals surface area (Å²) < 4.78 is 34.0. The van der Waals surface area contributed by atoms with E-state index < -0.39 is 34.6 Å². The number of carbonyl (C=O) groups excluding carboxylic acids is 2. The molecule has 0 radical (unpaired) electrons. The van der Waals surface area contributed by atoms with Crippen LogP contribution in [0, 0.1) is 5.82 Å². The van der Waals surface area contributed by atoms with Crippen LogP contribution in [0.3, 0.4) is 0 Å². The highest BCUT2D eigenvalue weighted by Crippen LogP contribution is 2.29. The van der Waals surface area contributed by atoms with Crippen molar-refractivity contribution in [3.8, 4) is 0 Å². The lowest BCUT2D eigenvalue weighted by molar-refractivity contribution is 0.0623. The SMILES string of the molecule is CC(C)(C)OC(=O)Nc1cc(C(C)(C)C)on1.CC(C)(C)OC(=O)Nc1noc(C(C)(C)C)c1F. The second-order valence-corrected chi connectivity index (χ2v) is 12.0. The molecule has 2 rings (SSSR count). The molecule has 0 aliphatic rings. The van der Waals surface area contributed by atoms with Gasteiger partial charge in [-0.15, -0.1) is 0 Å². The van der Waals surface area contributed by atoms with Gasteiger partial charge in [0.1, 0.15) is 17.0 Å². The van der Waals surface area contributed by atoms with Crippen molar-refractivity contribution < 1.29 is 32.5 Å². The number of amides is 2. The first-order valence-electron chi connectivity index (χ1n) is 11.2. The van der Waals surface area contributed by atoms with Crippen molar-refractivity contribution in [2.75, 3.05) is 10.6 Å². The third-order valence-corrected chi connectivity index (χ3v) is 3.81. The third kappa shape index (κ3) is 10.8. The normalized spacial score (nSPS) is 12.4. The number of ether oxygens (including phenoxy) is 2. The average Bonchev–Trinajstić information content (AvgIpc) is 3.18. The Labute approximate surface area is 206 Å². The summed E-state index contributed by atoms with van der Waals surface area (Å²) in [6.07, 6.45) is -1.30. The second kappa shape index (κ2) is 10.7. The Morgan fingerprint density at radius 1 is 0.771 bits per heavy atom. The molecule has 2 N–H and O–H groups in total. The number of hydrogen-bond acceptors (Lipinski definition) is 8. The van der Waals surface area contributed by atoms with Gasteiger partial charge in [-0.2, -0.15) is 4.39 Å². The Hall–Kier alpha value is -3.11. The van der Waals surface area contributed by atoms with Crippen LogP contribution in [0.5, 0.6) is 0 Å². The molecule has 0 spiro atoms. The number of anilines is 2. The molecule has 0 aliphatic heterocycles. The van der Waals surface area contributed by atoms with Crippen LogP contribution in [-0.2, 0) is 20.3 Å². The topological polar surface area (TPSA) is 129 Å². The number of halogens is 1. The number of aromatic nitrogens is 2. The molecule has 11 heteroatoms. The molecule has 0 atom stereocenters. The van der Waals surface area contributed by atoms with Crippen molar-refractivity contribution in [1.29, 1.82) is 0 Å². The maximum Gasteiger partial charge on any atom is 0.413 e. The van der Waals surface area contributed by atoms with E-state index in [9.17, 15) is 14.0 Å². The molecule has 2 aromatic rings. The van der Waals surface area contributed by atoms with Crippen LogP contribution < -0.4 is 10.6 Å². The number of rotatable bonds is 2. The van der Waals surface area contributed by atoms with Crippen LogP contribution >= 0.6 is 0 Å². The van der Waals surface area contributed by atoms with Crippen LogP contribution in [-0.4, -0.2) is 33.7 Å². The number of nitrogens with zero attached hydrogens (tertiary/aromatic N) is 2. The van der Waals surface area contributed by atoms with Gasteiger partial charge in [-0.3, -0.25) is 10.6 Å². The molecule has 0 saturated heterocycles. The summed E-state index contributed by atoms with van der Waals surface area (Å²) in [5, 5.41) is 12.0. The van der Waals surface area contributed by atoms with Gasteiger partial charge in [0.25, 0.3) is 0 Å². The van der Waals surface area contributed by atoms with Gasteiger partial charge < -0.3 is 18.5 Å².